The molecule has 4 rings (SSSR count). The molecule has 0 atom stereocenters. The van der Waals surface area contributed by atoms with E-state index in [1.807, 2.05) is 39.0 Å². The van der Waals surface area contributed by atoms with Crippen LogP contribution < -0.4 is 24.4 Å². The average Bonchev–Trinajstić information content (AvgIpc) is 2.92. The molecule has 0 unspecified atom stereocenters. The molecular weight excluding hydrogens is 542 g/mol. The van der Waals surface area contributed by atoms with Crippen molar-refractivity contribution < 1.29 is 27.4 Å². The number of aryl methyl sites for hydroxylation is 1. The lowest BCUT2D eigenvalue weighted by Gasteiger charge is -2.31. The topological polar surface area (TPSA) is 106 Å². The van der Waals surface area contributed by atoms with Crippen molar-refractivity contribution in [3.05, 3.63) is 71.8 Å². The van der Waals surface area contributed by atoms with Gasteiger partial charge in [-0.2, -0.15) is 0 Å². The highest BCUT2D eigenvalue weighted by molar-refractivity contribution is 7.92. The predicted octanol–water partition coefficient (Wildman–Crippen LogP) is 5.10. The highest BCUT2D eigenvalue weighted by Gasteiger charge is 2.22. The highest BCUT2D eigenvalue weighted by Crippen LogP contribution is 2.39. The first-order valence-electron chi connectivity index (χ1n) is 12.6. The van der Waals surface area contributed by atoms with E-state index in [9.17, 15) is 13.2 Å². The maximum Gasteiger partial charge on any atom is 0.261 e. The third-order valence-corrected chi connectivity index (χ3v) is 7.35. The molecule has 0 saturated carbocycles. The van der Waals surface area contributed by atoms with Crippen LogP contribution in [0, 0.1) is 6.92 Å². The van der Waals surface area contributed by atoms with Crippen LogP contribution in [-0.4, -0.2) is 53.8 Å². The predicted molar refractivity (Wildman–Crippen MR) is 155 cm³/mol. The van der Waals surface area contributed by atoms with E-state index < -0.39 is 15.9 Å². The Labute approximate surface area is 235 Å². The minimum absolute atomic E-state index is 0. The van der Waals surface area contributed by atoms with Gasteiger partial charge in [0.15, 0.2) is 0 Å². The Bertz CT molecular complexity index is 1380. The van der Waals surface area contributed by atoms with Crippen molar-refractivity contribution in [2.75, 3.05) is 54.5 Å². The fourth-order valence-corrected chi connectivity index (χ4v) is 5.18. The van der Waals surface area contributed by atoms with Crippen LogP contribution in [0.25, 0.3) is 0 Å². The number of amides is 1. The molecule has 11 heteroatoms. The number of carbonyl (C=O) groups is 1. The van der Waals surface area contributed by atoms with Crippen LogP contribution in [0.3, 0.4) is 0 Å². The van der Waals surface area contributed by atoms with Crippen molar-refractivity contribution in [2.24, 2.45) is 0 Å². The van der Waals surface area contributed by atoms with Gasteiger partial charge in [0.25, 0.3) is 15.9 Å². The van der Waals surface area contributed by atoms with Gasteiger partial charge in [-0.15, -0.1) is 12.4 Å². The molecule has 0 bridgehead atoms. The summed E-state index contributed by atoms with van der Waals surface area (Å²) in [4.78, 5) is 15.4. The molecule has 210 valence electrons. The molecule has 1 amide bonds. The Morgan fingerprint density at radius 1 is 0.949 bits per heavy atom. The molecule has 1 heterocycles. The fraction of sp³-hybridized carbons (Fsp3) is 0.321. The van der Waals surface area contributed by atoms with Crippen LogP contribution in [0.2, 0.25) is 0 Å². The molecule has 9 nitrogen and oxygen atoms in total. The minimum Gasteiger partial charge on any atom is -0.492 e. The summed E-state index contributed by atoms with van der Waals surface area (Å²) in [6.07, 6.45) is 0. The monoisotopic (exact) mass is 575 g/mol. The van der Waals surface area contributed by atoms with Gasteiger partial charge in [0.1, 0.15) is 11.5 Å². The van der Waals surface area contributed by atoms with E-state index in [2.05, 4.69) is 14.9 Å². The molecule has 1 aliphatic heterocycles. The van der Waals surface area contributed by atoms with Crippen LogP contribution in [0.4, 0.5) is 17.1 Å². The van der Waals surface area contributed by atoms with E-state index in [0.29, 0.717) is 49.3 Å². The van der Waals surface area contributed by atoms with Gasteiger partial charge in [0.05, 0.1) is 42.7 Å². The van der Waals surface area contributed by atoms with E-state index in [1.165, 1.54) is 18.2 Å². The zero-order chi connectivity index (χ0) is 27.1. The normalized spacial score (nSPS) is 13.3. The van der Waals surface area contributed by atoms with Crippen molar-refractivity contribution in [3.8, 4) is 11.5 Å². The number of nitrogens with zero attached hydrogens (tertiary/aromatic N) is 1. The van der Waals surface area contributed by atoms with Crippen LogP contribution in [0.1, 0.15) is 29.8 Å². The standard InChI is InChI=1S/C28H33N3O6S.ClH/c1-4-36-26-19-25(31-13-15-35-16-14-31)27(37-5-2)18-24(26)29-28(32)21-7-6-8-23(17-21)38(33,34)30-22-11-9-20(3)10-12-22;/h6-12,17-19,30H,4-5,13-16H2,1-3H3,(H,29,32);1H. The highest BCUT2D eigenvalue weighted by atomic mass is 35.5. The Balaban J connectivity index is 0.00000420. The van der Waals surface area contributed by atoms with Gasteiger partial charge >= 0.3 is 0 Å². The number of hydrogen-bond donors (Lipinski definition) is 2. The number of carbonyl (C=O) groups excluding carboxylic acids is 1. The van der Waals surface area contributed by atoms with E-state index in [1.54, 1.807) is 24.3 Å². The average molecular weight is 576 g/mol. The van der Waals surface area contributed by atoms with E-state index in [-0.39, 0.29) is 22.9 Å². The lowest BCUT2D eigenvalue weighted by molar-refractivity contribution is 0.102. The first kappa shape index (κ1) is 30.1. The summed E-state index contributed by atoms with van der Waals surface area (Å²) in [5, 5.41) is 2.87. The van der Waals surface area contributed by atoms with E-state index in [4.69, 9.17) is 14.2 Å². The lowest BCUT2D eigenvalue weighted by Crippen LogP contribution is -2.36. The second-order valence-corrected chi connectivity index (χ2v) is 10.4. The molecule has 2 N–H and O–H groups in total. The summed E-state index contributed by atoms with van der Waals surface area (Å²) in [6, 6.07) is 16.5. The molecule has 0 radical (unpaired) electrons. The van der Waals surface area contributed by atoms with Gasteiger partial charge in [-0.1, -0.05) is 23.8 Å². The Morgan fingerprint density at radius 3 is 2.28 bits per heavy atom. The number of sulfonamides is 1. The number of benzene rings is 3. The zero-order valence-corrected chi connectivity index (χ0v) is 23.9. The summed E-state index contributed by atoms with van der Waals surface area (Å²) in [7, 11) is -3.89. The van der Waals surface area contributed by atoms with Gasteiger partial charge in [-0.05, 0) is 51.1 Å². The first-order valence-corrected chi connectivity index (χ1v) is 14.1. The number of rotatable bonds is 10. The molecule has 3 aromatic rings. The third kappa shape index (κ3) is 7.56. The molecule has 0 spiro atoms. The van der Waals surface area contributed by atoms with Crippen molar-refractivity contribution in [2.45, 2.75) is 25.7 Å². The first-order chi connectivity index (χ1) is 18.3. The Morgan fingerprint density at radius 2 is 1.62 bits per heavy atom. The smallest absolute Gasteiger partial charge is 0.261 e. The van der Waals surface area contributed by atoms with Crippen LogP contribution in [-0.2, 0) is 14.8 Å². The number of ether oxygens (including phenoxy) is 3. The summed E-state index contributed by atoms with van der Waals surface area (Å²) in [5.41, 5.74) is 2.95. The van der Waals surface area contributed by atoms with Crippen molar-refractivity contribution in [1.82, 2.24) is 0 Å². The van der Waals surface area contributed by atoms with Crippen molar-refractivity contribution in [1.29, 1.82) is 0 Å². The van der Waals surface area contributed by atoms with Gasteiger partial charge in [0.2, 0.25) is 0 Å². The lowest BCUT2D eigenvalue weighted by atomic mass is 10.1. The molecule has 0 aromatic heterocycles. The Hall–Kier alpha value is -3.47. The molecule has 1 aliphatic rings. The van der Waals surface area contributed by atoms with Crippen molar-refractivity contribution >= 4 is 45.4 Å². The molecule has 1 saturated heterocycles. The summed E-state index contributed by atoms with van der Waals surface area (Å²) in [6.45, 7) is 9.21. The number of anilines is 3. The van der Waals surface area contributed by atoms with E-state index >= 15 is 0 Å². The van der Waals surface area contributed by atoms with E-state index in [0.717, 1.165) is 24.3 Å². The van der Waals surface area contributed by atoms with Crippen LogP contribution in [0.15, 0.2) is 65.6 Å². The molecule has 3 aromatic carbocycles. The zero-order valence-electron chi connectivity index (χ0n) is 22.2. The largest absolute Gasteiger partial charge is 0.492 e. The second-order valence-electron chi connectivity index (χ2n) is 8.74. The molecule has 0 aliphatic carbocycles. The van der Waals surface area contributed by atoms with Gasteiger partial charge < -0.3 is 24.4 Å². The maximum atomic E-state index is 13.3. The van der Waals surface area contributed by atoms with Crippen LogP contribution >= 0.6 is 12.4 Å². The third-order valence-electron chi connectivity index (χ3n) is 5.97. The maximum absolute atomic E-state index is 13.3. The van der Waals surface area contributed by atoms with Gasteiger partial charge in [0, 0.05) is 36.5 Å². The summed E-state index contributed by atoms with van der Waals surface area (Å²) in [5.74, 6) is 0.641. The van der Waals surface area contributed by atoms with Gasteiger partial charge in [-0.3, -0.25) is 9.52 Å². The number of hydrogen-bond acceptors (Lipinski definition) is 7. The quantitative estimate of drug-likeness (QED) is 0.346. The Kier molecular flexibility index (Phi) is 10.4. The number of nitrogens with one attached hydrogen (secondary N) is 2. The SMILES string of the molecule is CCOc1cc(N2CCOCC2)c(OCC)cc1NC(=O)c1cccc(S(=O)(=O)Nc2ccc(C)cc2)c1.Cl. The molecule has 39 heavy (non-hydrogen) atoms. The summed E-state index contributed by atoms with van der Waals surface area (Å²) >= 11 is 0. The summed E-state index contributed by atoms with van der Waals surface area (Å²) < 4.78 is 45.7. The number of halogens is 1. The second kappa shape index (κ2) is 13.5. The minimum atomic E-state index is -3.89. The fourth-order valence-electron chi connectivity index (χ4n) is 4.08. The van der Waals surface area contributed by atoms with Crippen LogP contribution in [0.5, 0.6) is 11.5 Å². The van der Waals surface area contributed by atoms with Crippen molar-refractivity contribution in [3.63, 3.8) is 0 Å². The molecular formula is C28H34ClN3O6S. The number of morpholine rings is 1. The van der Waals surface area contributed by atoms with Gasteiger partial charge in [-0.25, -0.2) is 8.42 Å². The molecule has 1 fully saturated rings.